The highest BCUT2D eigenvalue weighted by atomic mass is 16.2. The molecule has 0 radical (unpaired) electrons. The zero-order valence-corrected chi connectivity index (χ0v) is 10.8. The minimum Gasteiger partial charge on any atom is -0.337 e. The van der Waals surface area contributed by atoms with E-state index in [1.807, 2.05) is 13.8 Å². The number of nitrogens with one attached hydrogen (secondary N) is 1. The van der Waals surface area contributed by atoms with Crippen LogP contribution in [0.3, 0.4) is 0 Å². The third kappa shape index (κ3) is 2.17. The van der Waals surface area contributed by atoms with Crippen molar-refractivity contribution in [3.05, 3.63) is 0 Å². The monoisotopic (exact) mass is 238 g/mol. The van der Waals surface area contributed by atoms with E-state index in [1.165, 1.54) is 17.7 Å². The third-order valence-corrected chi connectivity index (χ3v) is 4.05. The molecule has 0 aromatic rings. The third-order valence-electron chi connectivity index (χ3n) is 4.05. The normalized spacial score (nSPS) is 25.0. The van der Waals surface area contributed by atoms with Crippen molar-refractivity contribution < 1.29 is 9.59 Å². The quantitative estimate of drug-likeness (QED) is 0.762. The topological polar surface area (TPSA) is 49.4 Å². The zero-order valence-electron chi connectivity index (χ0n) is 10.8. The van der Waals surface area contributed by atoms with Crippen LogP contribution in [0, 0.1) is 5.41 Å². The second-order valence-corrected chi connectivity index (χ2v) is 5.62. The fourth-order valence-corrected chi connectivity index (χ4v) is 3.02. The van der Waals surface area contributed by atoms with Crippen LogP contribution >= 0.6 is 0 Å². The van der Waals surface area contributed by atoms with Crippen molar-refractivity contribution in [3.63, 3.8) is 0 Å². The number of carbonyl (C=O) groups excluding carboxylic acids is 2. The van der Waals surface area contributed by atoms with Crippen molar-refractivity contribution >= 4 is 11.9 Å². The van der Waals surface area contributed by atoms with Crippen molar-refractivity contribution in [1.82, 2.24) is 10.2 Å². The van der Waals surface area contributed by atoms with Gasteiger partial charge in [-0.1, -0.05) is 25.7 Å². The Bertz CT molecular complexity index is 317. The number of rotatable bonds is 1. The number of urea groups is 1. The van der Waals surface area contributed by atoms with Crippen molar-refractivity contribution in [2.24, 2.45) is 5.41 Å². The van der Waals surface area contributed by atoms with Crippen LogP contribution < -0.4 is 5.32 Å². The molecule has 0 aromatic heterocycles. The predicted molar refractivity (Wildman–Crippen MR) is 65.5 cm³/mol. The molecule has 1 N–H and O–H groups in total. The average molecular weight is 238 g/mol. The van der Waals surface area contributed by atoms with E-state index in [2.05, 4.69) is 5.32 Å². The first-order valence-corrected chi connectivity index (χ1v) is 6.68. The lowest BCUT2D eigenvalue weighted by atomic mass is 9.77. The molecule has 1 aliphatic heterocycles. The van der Waals surface area contributed by atoms with Crippen LogP contribution in [-0.4, -0.2) is 29.4 Å². The first-order chi connectivity index (χ1) is 8.07. The first-order valence-electron chi connectivity index (χ1n) is 6.68. The summed E-state index contributed by atoms with van der Waals surface area (Å²) in [6, 6.07) is -0.275. The summed E-state index contributed by atoms with van der Waals surface area (Å²) >= 11 is 0. The van der Waals surface area contributed by atoms with Crippen molar-refractivity contribution in [2.45, 2.75) is 58.4 Å². The van der Waals surface area contributed by atoms with E-state index in [-0.39, 0.29) is 23.4 Å². The molecular weight excluding hydrogens is 216 g/mol. The van der Waals surface area contributed by atoms with E-state index in [0.717, 1.165) is 25.7 Å². The van der Waals surface area contributed by atoms with E-state index in [9.17, 15) is 9.59 Å². The van der Waals surface area contributed by atoms with Gasteiger partial charge in [-0.15, -0.1) is 0 Å². The highest BCUT2D eigenvalue weighted by Crippen LogP contribution is 2.38. The van der Waals surface area contributed by atoms with Gasteiger partial charge in [0.1, 0.15) is 0 Å². The number of imide groups is 1. The van der Waals surface area contributed by atoms with E-state index < -0.39 is 0 Å². The van der Waals surface area contributed by atoms with E-state index in [4.69, 9.17) is 0 Å². The highest BCUT2D eigenvalue weighted by molar-refractivity contribution is 6.00. The molecule has 2 rings (SSSR count). The average Bonchev–Trinajstić information content (AvgIpc) is 2.51. The molecule has 3 amide bonds. The molecule has 1 saturated carbocycles. The fraction of sp³-hybridized carbons (Fsp3) is 0.846. The maximum atomic E-state index is 12.6. The fourth-order valence-electron chi connectivity index (χ4n) is 3.02. The Hall–Kier alpha value is -1.06. The Morgan fingerprint density at radius 1 is 1.12 bits per heavy atom. The Morgan fingerprint density at radius 3 is 2.24 bits per heavy atom. The second kappa shape index (κ2) is 4.67. The van der Waals surface area contributed by atoms with Gasteiger partial charge in [-0.2, -0.15) is 0 Å². The van der Waals surface area contributed by atoms with Crippen molar-refractivity contribution in [3.8, 4) is 0 Å². The maximum Gasteiger partial charge on any atom is 0.324 e. The summed E-state index contributed by atoms with van der Waals surface area (Å²) in [6.45, 7) is 4.33. The summed E-state index contributed by atoms with van der Waals surface area (Å²) in [5, 5.41) is 2.90. The second-order valence-electron chi connectivity index (χ2n) is 5.62. The summed E-state index contributed by atoms with van der Waals surface area (Å²) in [4.78, 5) is 25.7. The van der Waals surface area contributed by atoms with Gasteiger partial charge in [-0.3, -0.25) is 9.69 Å². The standard InChI is InChI=1S/C13H22N2O2/c1-10(2)15-11(16)13(9-14-12(15)17)7-5-3-4-6-8-13/h10H,3-9H2,1-2H3,(H,14,17). The lowest BCUT2D eigenvalue weighted by Gasteiger charge is -2.42. The van der Waals surface area contributed by atoms with Crippen LogP contribution in [0.1, 0.15) is 52.4 Å². The van der Waals surface area contributed by atoms with Gasteiger partial charge in [-0.05, 0) is 26.7 Å². The summed E-state index contributed by atoms with van der Waals surface area (Å²) < 4.78 is 0. The Balaban J connectivity index is 2.23. The van der Waals surface area contributed by atoms with Gasteiger partial charge >= 0.3 is 6.03 Å². The van der Waals surface area contributed by atoms with Crippen LogP contribution in [-0.2, 0) is 4.79 Å². The smallest absolute Gasteiger partial charge is 0.324 e. The molecule has 0 bridgehead atoms. The number of hydrogen-bond acceptors (Lipinski definition) is 2. The van der Waals surface area contributed by atoms with Gasteiger partial charge in [0.2, 0.25) is 5.91 Å². The van der Waals surface area contributed by atoms with Crippen LogP contribution in [0.15, 0.2) is 0 Å². The number of amides is 3. The van der Waals surface area contributed by atoms with E-state index in [0.29, 0.717) is 6.54 Å². The summed E-state index contributed by atoms with van der Waals surface area (Å²) in [7, 11) is 0. The van der Waals surface area contributed by atoms with E-state index in [1.54, 1.807) is 0 Å². The van der Waals surface area contributed by atoms with Gasteiger partial charge in [0, 0.05) is 12.6 Å². The molecule has 1 aliphatic carbocycles. The Kier molecular flexibility index (Phi) is 3.40. The molecule has 1 spiro atoms. The van der Waals surface area contributed by atoms with Crippen molar-refractivity contribution in [2.75, 3.05) is 6.54 Å². The lowest BCUT2D eigenvalue weighted by molar-refractivity contribution is -0.143. The molecular formula is C13H22N2O2. The maximum absolute atomic E-state index is 12.6. The molecule has 96 valence electrons. The van der Waals surface area contributed by atoms with Gasteiger partial charge < -0.3 is 5.32 Å². The number of nitrogens with zero attached hydrogens (tertiary/aromatic N) is 1. The summed E-state index contributed by atoms with van der Waals surface area (Å²) in [5.41, 5.74) is -0.311. The molecule has 17 heavy (non-hydrogen) atoms. The zero-order chi connectivity index (χ0) is 12.5. The van der Waals surface area contributed by atoms with Gasteiger partial charge in [0.25, 0.3) is 0 Å². The van der Waals surface area contributed by atoms with Crippen LogP contribution in [0.5, 0.6) is 0 Å². The minimum absolute atomic E-state index is 0.0528. The molecule has 0 unspecified atom stereocenters. The van der Waals surface area contributed by atoms with Crippen LogP contribution in [0.2, 0.25) is 0 Å². The molecule has 1 saturated heterocycles. The number of hydrogen-bond donors (Lipinski definition) is 1. The molecule has 0 atom stereocenters. The predicted octanol–water partition coefficient (Wildman–Crippen LogP) is 2.29. The Morgan fingerprint density at radius 2 is 1.71 bits per heavy atom. The van der Waals surface area contributed by atoms with Gasteiger partial charge in [0.15, 0.2) is 0 Å². The minimum atomic E-state index is -0.311. The highest BCUT2D eigenvalue weighted by Gasteiger charge is 2.47. The SMILES string of the molecule is CC(C)N1C(=O)NCC2(CCCCCC2)C1=O. The lowest BCUT2D eigenvalue weighted by Crippen LogP contribution is -2.62. The molecule has 1 heterocycles. The number of carbonyl (C=O) groups is 2. The van der Waals surface area contributed by atoms with Gasteiger partial charge in [0.05, 0.1) is 5.41 Å². The van der Waals surface area contributed by atoms with Crippen molar-refractivity contribution in [1.29, 1.82) is 0 Å². The summed E-state index contributed by atoms with van der Waals surface area (Å²) in [5.74, 6) is 0.0538. The van der Waals surface area contributed by atoms with E-state index >= 15 is 0 Å². The van der Waals surface area contributed by atoms with Crippen LogP contribution in [0.25, 0.3) is 0 Å². The van der Waals surface area contributed by atoms with Crippen LogP contribution in [0.4, 0.5) is 4.79 Å². The first kappa shape index (κ1) is 12.4. The molecule has 4 heteroatoms. The molecule has 0 aromatic carbocycles. The van der Waals surface area contributed by atoms with Gasteiger partial charge in [-0.25, -0.2) is 4.79 Å². The molecule has 2 fully saturated rings. The largest absolute Gasteiger partial charge is 0.337 e. The molecule has 2 aliphatic rings. The Labute approximate surface area is 103 Å². The molecule has 4 nitrogen and oxygen atoms in total. The summed E-state index contributed by atoms with van der Waals surface area (Å²) in [6.07, 6.45) is 6.49.